The number of hydrogen-bond donors (Lipinski definition) is 2. The Labute approximate surface area is 75.0 Å². The first-order valence-corrected chi connectivity index (χ1v) is 4.42. The average molecular weight is 175 g/mol. The van der Waals surface area contributed by atoms with Crippen molar-refractivity contribution in [3.8, 4) is 0 Å². The molecule has 0 aromatic heterocycles. The van der Waals surface area contributed by atoms with E-state index in [-0.39, 0.29) is 6.61 Å². The van der Waals surface area contributed by atoms with Gasteiger partial charge in [-0.15, -0.1) is 0 Å². The van der Waals surface area contributed by atoms with Crippen molar-refractivity contribution in [2.45, 2.75) is 38.8 Å². The largest absolute Gasteiger partial charge is 0.393 e. The fourth-order valence-electron chi connectivity index (χ4n) is 0.754. The number of rotatable bonds is 5. The molecule has 0 rings (SSSR count). The molecule has 0 aromatic rings. The van der Waals surface area contributed by atoms with E-state index in [9.17, 15) is 5.11 Å². The zero-order chi connectivity index (χ0) is 9.78. The van der Waals surface area contributed by atoms with Crippen LogP contribution in [0, 0.1) is 0 Å². The molecular formula is C9H21NO2. The fourth-order valence-corrected chi connectivity index (χ4v) is 0.754. The van der Waals surface area contributed by atoms with Crippen LogP contribution in [-0.4, -0.2) is 47.0 Å². The lowest BCUT2D eigenvalue weighted by molar-refractivity contribution is -0.0120. The fraction of sp³-hybridized carbons (Fsp3) is 1.00. The summed E-state index contributed by atoms with van der Waals surface area (Å²) >= 11 is 0. The predicted molar refractivity (Wildman–Crippen MR) is 50.1 cm³/mol. The van der Waals surface area contributed by atoms with Crippen LogP contribution >= 0.6 is 0 Å². The standard InChI is InChI=1S/C9H21NO2/c1-8(2)10(4)6-5-9(3,12)7-11/h8,11-12H,5-7H2,1-4H3. The van der Waals surface area contributed by atoms with E-state index in [0.717, 1.165) is 6.54 Å². The third-order valence-electron chi connectivity index (χ3n) is 2.23. The summed E-state index contributed by atoms with van der Waals surface area (Å²) in [5.41, 5.74) is -0.927. The first-order valence-electron chi connectivity index (χ1n) is 4.42. The van der Waals surface area contributed by atoms with Gasteiger partial charge in [0.05, 0.1) is 12.2 Å². The average Bonchev–Trinajstić information content (AvgIpc) is 2.00. The first kappa shape index (κ1) is 11.9. The highest BCUT2D eigenvalue weighted by atomic mass is 16.3. The van der Waals surface area contributed by atoms with Crippen molar-refractivity contribution in [3.05, 3.63) is 0 Å². The van der Waals surface area contributed by atoms with Gasteiger partial charge in [0.15, 0.2) is 0 Å². The normalized spacial score (nSPS) is 17.0. The second kappa shape index (κ2) is 4.80. The van der Waals surface area contributed by atoms with Gasteiger partial charge in [-0.3, -0.25) is 0 Å². The van der Waals surface area contributed by atoms with Gasteiger partial charge >= 0.3 is 0 Å². The van der Waals surface area contributed by atoms with E-state index in [2.05, 4.69) is 18.7 Å². The highest BCUT2D eigenvalue weighted by Crippen LogP contribution is 2.09. The van der Waals surface area contributed by atoms with Crippen LogP contribution in [0.2, 0.25) is 0 Å². The Balaban J connectivity index is 3.67. The molecule has 0 radical (unpaired) electrons. The molecule has 0 heterocycles. The highest BCUT2D eigenvalue weighted by Gasteiger charge is 2.19. The molecule has 0 bridgehead atoms. The molecule has 74 valence electrons. The summed E-state index contributed by atoms with van der Waals surface area (Å²) in [4.78, 5) is 2.14. The van der Waals surface area contributed by atoms with Crippen LogP contribution in [-0.2, 0) is 0 Å². The molecule has 1 unspecified atom stereocenters. The van der Waals surface area contributed by atoms with Crippen molar-refractivity contribution in [3.63, 3.8) is 0 Å². The van der Waals surface area contributed by atoms with Crippen LogP contribution in [0.1, 0.15) is 27.2 Å². The molecule has 0 aliphatic rings. The maximum absolute atomic E-state index is 9.48. The van der Waals surface area contributed by atoms with Crippen molar-refractivity contribution in [2.75, 3.05) is 20.2 Å². The molecule has 0 aromatic carbocycles. The Morgan fingerprint density at radius 1 is 1.42 bits per heavy atom. The molecule has 1 atom stereocenters. The Morgan fingerprint density at radius 3 is 2.25 bits per heavy atom. The molecule has 0 amide bonds. The van der Waals surface area contributed by atoms with E-state index >= 15 is 0 Å². The first-order chi connectivity index (χ1) is 5.39. The second-order valence-electron chi connectivity index (χ2n) is 3.98. The third-order valence-corrected chi connectivity index (χ3v) is 2.23. The van der Waals surface area contributed by atoms with Crippen LogP contribution in [0.3, 0.4) is 0 Å². The minimum atomic E-state index is -0.927. The lowest BCUT2D eigenvalue weighted by atomic mass is 10.0. The van der Waals surface area contributed by atoms with E-state index in [1.807, 2.05) is 7.05 Å². The molecule has 0 spiro atoms. The molecule has 2 N–H and O–H groups in total. The van der Waals surface area contributed by atoms with Gasteiger partial charge in [0.1, 0.15) is 0 Å². The van der Waals surface area contributed by atoms with Crippen molar-refractivity contribution >= 4 is 0 Å². The monoisotopic (exact) mass is 175 g/mol. The van der Waals surface area contributed by atoms with E-state index in [0.29, 0.717) is 12.5 Å². The molecular weight excluding hydrogens is 154 g/mol. The van der Waals surface area contributed by atoms with Crippen LogP contribution < -0.4 is 0 Å². The summed E-state index contributed by atoms with van der Waals surface area (Å²) in [7, 11) is 2.01. The van der Waals surface area contributed by atoms with Crippen LogP contribution in [0.15, 0.2) is 0 Å². The lowest BCUT2D eigenvalue weighted by Crippen LogP contribution is -2.36. The van der Waals surface area contributed by atoms with Crippen LogP contribution in [0.25, 0.3) is 0 Å². The van der Waals surface area contributed by atoms with Gasteiger partial charge in [-0.05, 0) is 34.2 Å². The molecule has 0 saturated heterocycles. The molecule has 0 aliphatic heterocycles. The predicted octanol–water partition coefficient (Wildman–Crippen LogP) is 0.460. The number of aliphatic hydroxyl groups excluding tert-OH is 1. The third kappa shape index (κ3) is 4.70. The second-order valence-corrected chi connectivity index (χ2v) is 3.98. The van der Waals surface area contributed by atoms with E-state index in [4.69, 9.17) is 5.11 Å². The Kier molecular flexibility index (Phi) is 4.75. The summed E-state index contributed by atoms with van der Waals surface area (Å²) in [5.74, 6) is 0. The topological polar surface area (TPSA) is 43.7 Å². The zero-order valence-corrected chi connectivity index (χ0v) is 8.54. The summed E-state index contributed by atoms with van der Waals surface area (Å²) in [6.07, 6.45) is 0.609. The van der Waals surface area contributed by atoms with E-state index in [1.54, 1.807) is 6.92 Å². The maximum Gasteiger partial charge on any atom is 0.0861 e. The molecule has 0 saturated carbocycles. The van der Waals surface area contributed by atoms with E-state index in [1.165, 1.54) is 0 Å². The van der Waals surface area contributed by atoms with Gasteiger partial charge < -0.3 is 15.1 Å². The summed E-state index contributed by atoms with van der Waals surface area (Å²) in [5, 5.41) is 18.3. The Bertz CT molecular complexity index is 124. The maximum atomic E-state index is 9.48. The SMILES string of the molecule is CC(C)N(C)CCC(C)(O)CO. The minimum absolute atomic E-state index is 0.168. The summed E-state index contributed by atoms with van der Waals surface area (Å²) in [6.45, 7) is 6.51. The van der Waals surface area contributed by atoms with Crippen molar-refractivity contribution in [2.24, 2.45) is 0 Å². The van der Waals surface area contributed by atoms with Gasteiger partial charge in [-0.2, -0.15) is 0 Å². The highest BCUT2D eigenvalue weighted by molar-refractivity contribution is 4.73. The Hall–Kier alpha value is -0.120. The molecule has 12 heavy (non-hydrogen) atoms. The van der Waals surface area contributed by atoms with Crippen LogP contribution in [0.5, 0.6) is 0 Å². The van der Waals surface area contributed by atoms with Gasteiger partial charge in [-0.25, -0.2) is 0 Å². The number of nitrogens with zero attached hydrogens (tertiary/aromatic N) is 1. The molecule has 0 aliphatic carbocycles. The van der Waals surface area contributed by atoms with Gasteiger partial charge in [-0.1, -0.05) is 0 Å². The molecule has 3 heteroatoms. The quantitative estimate of drug-likeness (QED) is 0.638. The van der Waals surface area contributed by atoms with Crippen molar-refractivity contribution in [1.82, 2.24) is 4.90 Å². The van der Waals surface area contributed by atoms with Gasteiger partial charge in [0.25, 0.3) is 0 Å². The van der Waals surface area contributed by atoms with Gasteiger partial charge in [0.2, 0.25) is 0 Å². The van der Waals surface area contributed by atoms with Gasteiger partial charge in [0, 0.05) is 12.6 Å². The van der Waals surface area contributed by atoms with Crippen molar-refractivity contribution in [1.29, 1.82) is 0 Å². The lowest BCUT2D eigenvalue weighted by Gasteiger charge is -2.26. The molecule has 0 fully saturated rings. The minimum Gasteiger partial charge on any atom is -0.393 e. The smallest absolute Gasteiger partial charge is 0.0861 e. The summed E-state index contributed by atoms with van der Waals surface area (Å²) in [6, 6.07) is 0.486. The van der Waals surface area contributed by atoms with Crippen molar-refractivity contribution < 1.29 is 10.2 Å². The summed E-state index contributed by atoms with van der Waals surface area (Å²) < 4.78 is 0. The number of aliphatic hydroxyl groups is 2. The zero-order valence-electron chi connectivity index (χ0n) is 8.54. The molecule has 3 nitrogen and oxygen atoms in total. The van der Waals surface area contributed by atoms with E-state index < -0.39 is 5.60 Å². The van der Waals surface area contributed by atoms with Crippen LogP contribution in [0.4, 0.5) is 0 Å². The number of hydrogen-bond acceptors (Lipinski definition) is 3. The Morgan fingerprint density at radius 2 is 1.92 bits per heavy atom.